The molecule has 0 aliphatic carbocycles. The van der Waals surface area contributed by atoms with Crippen molar-refractivity contribution in [2.24, 2.45) is 0 Å². The van der Waals surface area contributed by atoms with Crippen molar-refractivity contribution in [1.29, 1.82) is 0 Å². The van der Waals surface area contributed by atoms with E-state index >= 15 is 0 Å². The SMILES string of the molecule is CC#CC(O)CCCCC.CC#CC1(CCCCC)OCCCO1.OCCCO. The van der Waals surface area contributed by atoms with E-state index in [9.17, 15) is 0 Å². The topological polar surface area (TPSA) is 79.2 Å². The third-order valence-corrected chi connectivity index (χ3v) is 4.09. The lowest BCUT2D eigenvalue weighted by molar-refractivity contribution is -0.233. The molecule has 1 aliphatic heterocycles. The zero-order valence-electron chi connectivity index (χ0n) is 19.1. The summed E-state index contributed by atoms with van der Waals surface area (Å²) in [5, 5.41) is 24.9. The molecule has 1 fully saturated rings. The molecule has 0 bridgehead atoms. The Balaban J connectivity index is 0. The fraction of sp³-hybridized carbons (Fsp3) is 0.833. The Morgan fingerprint density at radius 1 is 0.862 bits per heavy atom. The van der Waals surface area contributed by atoms with Crippen LogP contribution in [0.5, 0.6) is 0 Å². The van der Waals surface area contributed by atoms with Crippen LogP contribution in [-0.4, -0.2) is 53.6 Å². The molecule has 0 aromatic rings. The molecule has 5 heteroatoms. The second-order valence-corrected chi connectivity index (χ2v) is 6.84. The van der Waals surface area contributed by atoms with Crippen molar-refractivity contribution < 1.29 is 24.8 Å². The number of aliphatic hydroxyl groups excluding tert-OH is 3. The van der Waals surface area contributed by atoms with Gasteiger partial charge in [-0.05, 0) is 51.9 Å². The first-order valence-corrected chi connectivity index (χ1v) is 11.1. The number of rotatable bonds is 10. The maximum Gasteiger partial charge on any atom is 0.233 e. The van der Waals surface area contributed by atoms with Crippen LogP contribution in [0.4, 0.5) is 0 Å². The van der Waals surface area contributed by atoms with Crippen molar-refractivity contribution >= 4 is 0 Å². The number of aliphatic hydroxyl groups is 3. The van der Waals surface area contributed by atoms with E-state index in [0.717, 1.165) is 45.3 Å². The van der Waals surface area contributed by atoms with E-state index < -0.39 is 11.9 Å². The molecular formula is C24H44O5. The van der Waals surface area contributed by atoms with Crippen molar-refractivity contribution in [3.05, 3.63) is 0 Å². The Morgan fingerprint density at radius 2 is 1.45 bits per heavy atom. The smallest absolute Gasteiger partial charge is 0.233 e. The van der Waals surface area contributed by atoms with Crippen LogP contribution in [0.3, 0.4) is 0 Å². The molecule has 0 radical (unpaired) electrons. The molecule has 5 nitrogen and oxygen atoms in total. The van der Waals surface area contributed by atoms with Gasteiger partial charge in [0.25, 0.3) is 0 Å². The van der Waals surface area contributed by atoms with Gasteiger partial charge in [0.1, 0.15) is 6.10 Å². The van der Waals surface area contributed by atoms with Crippen LogP contribution in [0.15, 0.2) is 0 Å². The van der Waals surface area contributed by atoms with Crippen LogP contribution >= 0.6 is 0 Å². The van der Waals surface area contributed by atoms with Crippen LogP contribution in [0.25, 0.3) is 0 Å². The highest BCUT2D eigenvalue weighted by molar-refractivity contribution is 5.09. The maximum atomic E-state index is 9.10. The molecule has 0 aromatic heterocycles. The number of ether oxygens (including phenoxy) is 2. The number of hydrogen-bond donors (Lipinski definition) is 3. The molecule has 0 amide bonds. The Kier molecular flexibility index (Phi) is 24.1. The lowest BCUT2D eigenvalue weighted by Crippen LogP contribution is -2.39. The van der Waals surface area contributed by atoms with Gasteiger partial charge in [0, 0.05) is 19.6 Å². The van der Waals surface area contributed by atoms with E-state index in [1.54, 1.807) is 6.92 Å². The molecule has 1 rings (SSSR count). The molecule has 29 heavy (non-hydrogen) atoms. The minimum absolute atomic E-state index is 0.0938. The molecule has 3 N–H and O–H groups in total. The first kappa shape index (κ1) is 30.1. The quantitative estimate of drug-likeness (QED) is 0.373. The molecule has 0 spiro atoms. The van der Waals surface area contributed by atoms with Gasteiger partial charge >= 0.3 is 0 Å². The van der Waals surface area contributed by atoms with E-state index in [4.69, 9.17) is 24.8 Å². The normalized spacial score (nSPS) is 15.1. The molecule has 0 saturated carbocycles. The molecule has 1 aliphatic rings. The second-order valence-electron chi connectivity index (χ2n) is 6.84. The predicted octanol–water partition coefficient (Wildman–Crippen LogP) is 4.04. The third kappa shape index (κ3) is 20.0. The average Bonchev–Trinajstić information content (AvgIpc) is 2.71. The van der Waals surface area contributed by atoms with E-state index in [-0.39, 0.29) is 13.2 Å². The van der Waals surface area contributed by atoms with Crippen LogP contribution < -0.4 is 0 Å². The van der Waals surface area contributed by atoms with Crippen LogP contribution in [0, 0.1) is 23.7 Å². The van der Waals surface area contributed by atoms with Crippen LogP contribution in [-0.2, 0) is 9.47 Å². The highest BCUT2D eigenvalue weighted by Gasteiger charge is 2.31. The molecular weight excluding hydrogens is 368 g/mol. The summed E-state index contributed by atoms with van der Waals surface area (Å²) in [6.07, 6.45) is 9.88. The minimum atomic E-state index is -0.581. The molecule has 1 unspecified atom stereocenters. The van der Waals surface area contributed by atoms with Crippen LogP contribution in [0.2, 0.25) is 0 Å². The number of unbranched alkanes of at least 4 members (excludes halogenated alkanes) is 4. The highest BCUT2D eigenvalue weighted by Crippen LogP contribution is 2.24. The summed E-state index contributed by atoms with van der Waals surface area (Å²) in [6, 6.07) is 0. The molecule has 1 heterocycles. The Bertz CT molecular complexity index is 447. The summed E-state index contributed by atoms with van der Waals surface area (Å²) in [7, 11) is 0. The van der Waals surface area contributed by atoms with E-state index in [1.807, 2.05) is 6.92 Å². The van der Waals surface area contributed by atoms with Crippen molar-refractivity contribution in [1.82, 2.24) is 0 Å². The summed E-state index contributed by atoms with van der Waals surface area (Å²) in [6.45, 7) is 9.68. The van der Waals surface area contributed by atoms with E-state index in [1.165, 1.54) is 25.7 Å². The number of hydrogen-bond acceptors (Lipinski definition) is 5. The van der Waals surface area contributed by atoms with Crippen molar-refractivity contribution in [3.8, 4) is 23.7 Å². The lowest BCUT2D eigenvalue weighted by atomic mass is 10.1. The summed E-state index contributed by atoms with van der Waals surface area (Å²) in [4.78, 5) is 0. The summed E-state index contributed by atoms with van der Waals surface area (Å²) in [5.74, 6) is 10.8. The van der Waals surface area contributed by atoms with Crippen LogP contribution in [0.1, 0.15) is 91.9 Å². The van der Waals surface area contributed by atoms with Gasteiger partial charge in [-0.25, -0.2) is 0 Å². The van der Waals surface area contributed by atoms with Gasteiger partial charge in [0.2, 0.25) is 5.79 Å². The minimum Gasteiger partial charge on any atom is -0.396 e. The second kappa shape index (κ2) is 23.2. The first-order chi connectivity index (χ1) is 14.1. The monoisotopic (exact) mass is 412 g/mol. The predicted molar refractivity (Wildman–Crippen MR) is 119 cm³/mol. The molecule has 1 atom stereocenters. The van der Waals surface area contributed by atoms with Gasteiger partial charge in [-0.1, -0.05) is 45.5 Å². The zero-order chi connectivity index (χ0) is 22.2. The molecule has 170 valence electrons. The zero-order valence-corrected chi connectivity index (χ0v) is 19.1. The maximum absolute atomic E-state index is 9.10. The molecule has 0 aromatic carbocycles. The van der Waals surface area contributed by atoms with Gasteiger partial charge < -0.3 is 24.8 Å². The summed E-state index contributed by atoms with van der Waals surface area (Å²) in [5.41, 5.74) is 0. The largest absolute Gasteiger partial charge is 0.396 e. The van der Waals surface area contributed by atoms with Gasteiger partial charge in [0.05, 0.1) is 13.2 Å². The van der Waals surface area contributed by atoms with E-state index in [2.05, 4.69) is 37.5 Å². The Hall–Kier alpha value is -1.08. The van der Waals surface area contributed by atoms with Gasteiger partial charge in [0.15, 0.2) is 0 Å². The fourth-order valence-electron chi connectivity index (χ4n) is 2.55. The lowest BCUT2D eigenvalue weighted by Gasteiger charge is -2.32. The van der Waals surface area contributed by atoms with E-state index in [0.29, 0.717) is 6.42 Å². The third-order valence-electron chi connectivity index (χ3n) is 4.09. The standard InChI is InChI=1S/C12H20O2.C9H16O.C3H8O2/c1-3-5-6-9-12(8-4-2)13-10-7-11-14-12;1-3-5-6-8-9(10)7-4-2;4-2-1-3-5/h3,5-7,9-11H2,1-2H3;9-10H,3,5-6,8H2,1-2H3;4-5H,1-3H2. The fourth-order valence-corrected chi connectivity index (χ4v) is 2.55. The first-order valence-electron chi connectivity index (χ1n) is 11.1. The molecule has 1 saturated heterocycles. The van der Waals surface area contributed by atoms with Crippen molar-refractivity contribution in [2.45, 2.75) is 104 Å². The summed E-state index contributed by atoms with van der Waals surface area (Å²) >= 11 is 0. The van der Waals surface area contributed by atoms with Gasteiger partial charge in [-0.3, -0.25) is 0 Å². The van der Waals surface area contributed by atoms with Gasteiger partial charge in [-0.15, -0.1) is 11.8 Å². The highest BCUT2D eigenvalue weighted by atomic mass is 16.7. The average molecular weight is 413 g/mol. The van der Waals surface area contributed by atoms with Gasteiger partial charge in [-0.2, -0.15) is 0 Å². The van der Waals surface area contributed by atoms with Crippen molar-refractivity contribution in [3.63, 3.8) is 0 Å². The summed E-state index contributed by atoms with van der Waals surface area (Å²) < 4.78 is 11.3. The van der Waals surface area contributed by atoms with Crippen molar-refractivity contribution in [2.75, 3.05) is 26.4 Å². The Labute approximate surface area is 179 Å². The Morgan fingerprint density at radius 3 is 1.90 bits per heavy atom.